The number of unbranched alkanes of at least 4 members (excludes halogenated alkanes) is 1. The van der Waals surface area contributed by atoms with Gasteiger partial charge in [-0.05, 0) is 19.3 Å². The van der Waals surface area contributed by atoms with E-state index in [0.29, 0.717) is 6.54 Å². The van der Waals surface area contributed by atoms with Crippen LogP contribution < -0.4 is 5.32 Å². The first-order valence-corrected chi connectivity index (χ1v) is 6.04. The molecule has 0 aromatic heterocycles. The molecule has 1 saturated heterocycles. The van der Waals surface area contributed by atoms with E-state index in [9.17, 15) is 18.0 Å². The van der Waals surface area contributed by atoms with Crippen LogP contribution in [0.25, 0.3) is 0 Å². The highest BCUT2D eigenvalue weighted by Gasteiger charge is 2.41. The second-order valence-electron chi connectivity index (χ2n) is 4.39. The molecule has 1 rings (SSSR count). The van der Waals surface area contributed by atoms with E-state index in [-0.39, 0.29) is 32.0 Å². The molecule has 1 heterocycles. The van der Waals surface area contributed by atoms with Crippen LogP contribution in [0.15, 0.2) is 0 Å². The van der Waals surface area contributed by atoms with Crippen molar-refractivity contribution in [3.8, 4) is 0 Å². The number of rotatable bonds is 3. The predicted molar refractivity (Wildman–Crippen MR) is 58.7 cm³/mol. The molecule has 1 fully saturated rings. The van der Waals surface area contributed by atoms with E-state index in [1.165, 1.54) is 4.90 Å². The predicted octanol–water partition coefficient (Wildman–Crippen LogP) is 2.77. The largest absolute Gasteiger partial charge is 0.391 e. The molecule has 0 aromatic rings. The van der Waals surface area contributed by atoms with Gasteiger partial charge in [0.05, 0.1) is 5.92 Å². The van der Waals surface area contributed by atoms with Gasteiger partial charge >= 0.3 is 12.2 Å². The zero-order chi connectivity index (χ0) is 12.9. The monoisotopic (exact) mass is 252 g/mol. The van der Waals surface area contributed by atoms with Gasteiger partial charge in [-0.3, -0.25) is 0 Å². The third-order valence-corrected chi connectivity index (χ3v) is 3.05. The number of halogens is 3. The molecule has 0 bridgehead atoms. The molecule has 0 spiro atoms. The Morgan fingerprint density at radius 1 is 1.35 bits per heavy atom. The van der Waals surface area contributed by atoms with Gasteiger partial charge in [-0.15, -0.1) is 0 Å². The molecule has 6 heteroatoms. The van der Waals surface area contributed by atoms with E-state index in [1.807, 2.05) is 6.92 Å². The van der Waals surface area contributed by atoms with Gasteiger partial charge in [-0.25, -0.2) is 4.79 Å². The third kappa shape index (κ3) is 4.44. The molecule has 1 aliphatic rings. The smallest absolute Gasteiger partial charge is 0.338 e. The maximum Gasteiger partial charge on any atom is 0.391 e. The number of amides is 2. The van der Waals surface area contributed by atoms with Crippen LogP contribution >= 0.6 is 0 Å². The normalized spacial score (nSPS) is 18.2. The second-order valence-corrected chi connectivity index (χ2v) is 4.39. The lowest BCUT2D eigenvalue weighted by atomic mass is 9.96. The van der Waals surface area contributed by atoms with Crippen LogP contribution in [0.2, 0.25) is 0 Å². The summed E-state index contributed by atoms with van der Waals surface area (Å²) in [4.78, 5) is 13.0. The summed E-state index contributed by atoms with van der Waals surface area (Å²) < 4.78 is 37.2. The average Bonchev–Trinajstić information content (AvgIpc) is 2.28. The van der Waals surface area contributed by atoms with E-state index in [1.54, 1.807) is 0 Å². The Balaban J connectivity index is 2.29. The number of nitrogens with one attached hydrogen (secondary N) is 1. The first-order chi connectivity index (χ1) is 7.95. The number of hydrogen-bond donors (Lipinski definition) is 1. The van der Waals surface area contributed by atoms with Gasteiger partial charge in [-0.1, -0.05) is 13.3 Å². The summed E-state index contributed by atoms with van der Waals surface area (Å²) in [5.74, 6) is -1.25. The Morgan fingerprint density at radius 2 is 1.94 bits per heavy atom. The minimum atomic E-state index is -4.12. The molecule has 0 atom stereocenters. The first kappa shape index (κ1) is 14.1. The van der Waals surface area contributed by atoms with Gasteiger partial charge in [0.1, 0.15) is 0 Å². The summed E-state index contributed by atoms with van der Waals surface area (Å²) in [6.45, 7) is 3.00. The van der Waals surface area contributed by atoms with Crippen molar-refractivity contribution in [1.82, 2.24) is 10.2 Å². The van der Waals surface area contributed by atoms with Crippen LogP contribution in [-0.4, -0.2) is 36.7 Å². The van der Waals surface area contributed by atoms with Gasteiger partial charge in [0.2, 0.25) is 0 Å². The zero-order valence-corrected chi connectivity index (χ0v) is 10.0. The number of carbonyl (C=O) groups is 1. The molecule has 3 nitrogen and oxygen atoms in total. The molecule has 0 aromatic carbocycles. The minimum Gasteiger partial charge on any atom is -0.338 e. The van der Waals surface area contributed by atoms with E-state index in [0.717, 1.165) is 12.8 Å². The van der Waals surface area contributed by atoms with Crippen molar-refractivity contribution in [2.75, 3.05) is 19.6 Å². The van der Waals surface area contributed by atoms with Gasteiger partial charge in [0, 0.05) is 19.6 Å². The Labute approximate surface area is 99.4 Å². The lowest BCUT2D eigenvalue weighted by Gasteiger charge is -2.32. The first-order valence-electron chi connectivity index (χ1n) is 6.04. The van der Waals surface area contributed by atoms with Crippen LogP contribution in [0.1, 0.15) is 32.6 Å². The van der Waals surface area contributed by atoms with E-state index in [4.69, 9.17) is 0 Å². The van der Waals surface area contributed by atoms with Crippen molar-refractivity contribution in [2.45, 2.75) is 38.8 Å². The van der Waals surface area contributed by atoms with Crippen molar-refractivity contribution < 1.29 is 18.0 Å². The Kier molecular flexibility index (Phi) is 5.08. The van der Waals surface area contributed by atoms with Crippen LogP contribution in [0.5, 0.6) is 0 Å². The summed E-state index contributed by atoms with van der Waals surface area (Å²) in [7, 11) is 0. The van der Waals surface area contributed by atoms with Crippen molar-refractivity contribution in [2.24, 2.45) is 5.92 Å². The second kappa shape index (κ2) is 6.12. The van der Waals surface area contributed by atoms with E-state index < -0.39 is 12.1 Å². The number of alkyl halides is 3. The molecule has 1 aliphatic heterocycles. The SMILES string of the molecule is CCCCNC(=O)N1CCC(C(F)(F)F)CC1. The average molecular weight is 252 g/mol. The van der Waals surface area contributed by atoms with Crippen molar-refractivity contribution in [3.05, 3.63) is 0 Å². The summed E-state index contributed by atoms with van der Waals surface area (Å²) in [5.41, 5.74) is 0. The quantitative estimate of drug-likeness (QED) is 0.770. The number of hydrogen-bond acceptors (Lipinski definition) is 1. The number of carbonyl (C=O) groups excluding carboxylic acids is 1. The maximum atomic E-state index is 12.4. The number of nitrogens with zero attached hydrogens (tertiary/aromatic N) is 1. The van der Waals surface area contributed by atoms with Crippen LogP contribution in [0.3, 0.4) is 0 Å². The fraction of sp³-hybridized carbons (Fsp3) is 0.909. The maximum absolute atomic E-state index is 12.4. The van der Waals surface area contributed by atoms with Crippen LogP contribution in [0, 0.1) is 5.92 Å². The molecule has 0 radical (unpaired) electrons. The van der Waals surface area contributed by atoms with Crippen molar-refractivity contribution >= 4 is 6.03 Å². The minimum absolute atomic E-state index is 0.0185. The third-order valence-electron chi connectivity index (χ3n) is 3.05. The highest BCUT2D eigenvalue weighted by molar-refractivity contribution is 5.74. The fourth-order valence-electron chi connectivity index (χ4n) is 1.89. The Hall–Kier alpha value is -0.940. The van der Waals surface area contributed by atoms with Gasteiger partial charge in [0.15, 0.2) is 0 Å². The lowest BCUT2D eigenvalue weighted by molar-refractivity contribution is -0.183. The summed E-state index contributed by atoms with van der Waals surface area (Å²) in [6, 6.07) is -0.237. The summed E-state index contributed by atoms with van der Waals surface area (Å²) >= 11 is 0. The van der Waals surface area contributed by atoms with Crippen molar-refractivity contribution in [1.29, 1.82) is 0 Å². The molecule has 0 saturated carbocycles. The molecule has 1 N–H and O–H groups in total. The number of piperidine rings is 1. The zero-order valence-electron chi connectivity index (χ0n) is 10.0. The number of likely N-dealkylation sites (tertiary alicyclic amines) is 1. The fourth-order valence-corrected chi connectivity index (χ4v) is 1.89. The Morgan fingerprint density at radius 3 is 2.41 bits per heavy atom. The van der Waals surface area contributed by atoms with Gasteiger partial charge < -0.3 is 10.2 Å². The van der Waals surface area contributed by atoms with Gasteiger partial charge in [-0.2, -0.15) is 13.2 Å². The molecular formula is C11H19F3N2O. The molecular weight excluding hydrogens is 233 g/mol. The summed E-state index contributed by atoms with van der Waals surface area (Å²) in [5, 5.41) is 2.71. The lowest BCUT2D eigenvalue weighted by Crippen LogP contribution is -2.46. The van der Waals surface area contributed by atoms with Crippen molar-refractivity contribution in [3.63, 3.8) is 0 Å². The van der Waals surface area contributed by atoms with Crippen LogP contribution in [-0.2, 0) is 0 Å². The highest BCUT2D eigenvalue weighted by atomic mass is 19.4. The standard InChI is InChI=1S/C11H19F3N2O/c1-2-3-6-15-10(17)16-7-4-9(5-8-16)11(12,13)14/h9H,2-8H2,1H3,(H,15,17). The van der Waals surface area contributed by atoms with E-state index in [2.05, 4.69) is 5.32 Å². The van der Waals surface area contributed by atoms with Crippen LogP contribution in [0.4, 0.5) is 18.0 Å². The van der Waals surface area contributed by atoms with Gasteiger partial charge in [0.25, 0.3) is 0 Å². The molecule has 0 aliphatic carbocycles. The molecule has 2 amide bonds. The molecule has 17 heavy (non-hydrogen) atoms. The Bertz CT molecular complexity index is 248. The van der Waals surface area contributed by atoms with E-state index >= 15 is 0 Å². The highest BCUT2D eigenvalue weighted by Crippen LogP contribution is 2.33. The topological polar surface area (TPSA) is 32.3 Å². The number of urea groups is 1. The summed E-state index contributed by atoms with van der Waals surface area (Å²) in [6.07, 6.45) is -2.21. The molecule has 0 unspecified atom stereocenters. The molecule has 100 valence electrons.